The van der Waals surface area contributed by atoms with E-state index < -0.39 is 0 Å². The van der Waals surface area contributed by atoms with Gasteiger partial charge in [-0.05, 0) is 24.0 Å². The van der Waals surface area contributed by atoms with Gasteiger partial charge < -0.3 is 0 Å². The normalized spacial score (nSPS) is 14.8. The predicted molar refractivity (Wildman–Crippen MR) is 47.8 cm³/mol. The van der Waals surface area contributed by atoms with Gasteiger partial charge in [0.25, 0.3) is 0 Å². The molecule has 0 atom stereocenters. The molecule has 0 nitrogen and oxygen atoms in total. The van der Waals surface area contributed by atoms with E-state index in [1.807, 2.05) is 0 Å². The van der Waals surface area contributed by atoms with Crippen LogP contribution >= 0.6 is 11.6 Å². The zero-order valence-electron chi connectivity index (χ0n) is 6.18. The maximum absolute atomic E-state index is 5.64. The first-order chi connectivity index (χ1) is 5.40. The summed E-state index contributed by atoms with van der Waals surface area (Å²) in [6.45, 7) is 0. The minimum Gasteiger partial charge on any atom is -0.0930 e. The van der Waals surface area contributed by atoms with Gasteiger partial charge in [0.05, 0.1) is 0 Å². The third-order valence-electron chi connectivity index (χ3n) is 2.11. The van der Waals surface area contributed by atoms with Gasteiger partial charge in [-0.2, -0.15) is 0 Å². The van der Waals surface area contributed by atoms with Crippen LogP contribution in [0.2, 0.25) is 0 Å². The molecule has 0 fully saturated rings. The second-order valence-electron chi connectivity index (χ2n) is 2.89. The first-order valence-electron chi connectivity index (χ1n) is 3.75. The van der Waals surface area contributed by atoms with E-state index in [2.05, 4.69) is 24.3 Å². The van der Waals surface area contributed by atoms with Gasteiger partial charge in [-0.3, -0.25) is 0 Å². The smallest absolute Gasteiger partial charge is 0.00411 e. The predicted octanol–water partition coefficient (Wildman–Crippen LogP) is 2.91. The topological polar surface area (TPSA) is 0 Å². The van der Waals surface area contributed by atoms with Gasteiger partial charge in [0, 0.05) is 5.54 Å². The molecule has 0 spiro atoms. The summed E-state index contributed by atoms with van der Waals surface area (Å²) in [6.07, 6.45) is 2.08. The highest BCUT2D eigenvalue weighted by Gasteiger charge is 2.12. The van der Waals surface area contributed by atoms with Crippen molar-refractivity contribution in [3.63, 3.8) is 0 Å². The van der Waals surface area contributed by atoms with Crippen molar-refractivity contribution in [3.8, 4) is 0 Å². The number of halogens is 1. The van der Waals surface area contributed by atoms with Crippen molar-refractivity contribution in [2.45, 2.75) is 12.8 Å². The highest BCUT2D eigenvalue weighted by Crippen LogP contribution is 2.25. The molecular formula is C10H9Cl. The average Bonchev–Trinajstić information content (AvgIpc) is 2.46. The molecule has 1 aromatic rings. The molecule has 56 valence electrons. The Bertz CT molecular complexity index is 272. The summed E-state index contributed by atoms with van der Waals surface area (Å²) >= 11 is 5.64. The average molecular weight is 165 g/mol. The quantitative estimate of drug-likeness (QED) is 0.553. The van der Waals surface area contributed by atoms with Crippen molar-refractivity contribution in [1.29, 1.82) is 0 Å². The van der Waals surface area contributed by atoms with Crippen molar-refractivity contribution in [2.75, 3.05) is 0 Å². The first-order valence-corrected chi connectivity index (χ1v) is 4.18. The Hall–Kier alpha value is -0.750. The maximum atomic E-state index is 5.64. The molecule has 0 N–H and O–H groups in total. The van der Waals surface area contributed by atoms with Gasteiger partial charge in [-0.15, -0.1) is 0 Å². The zero-order valence-corrected chi connectivity index (χ0v) is 6.93. The van der Waals surface area contributed by atoms with E-state index in [-0.39, 0.29) is 0 Å². The van der Waals surface area contributed by atoms with Crippen LogP contribution < -0.4 is 0 Å². The van der Waals surface area contributed by atoms with Crippen LogP contribution in [0.25, 0.3) is 0 Å². The van der Waals surface area contributed by atoms with Crippen LogP contribution in [-0.4, -0.2) is 0 Å². The van der Waals surface area contributed by atoms with E-state index in [0.29, 0.717) is 0 Å². The number of fused-ring (bicyclic) bond motifs is 1. The number of benzene rings is 1. The molecule has 0 aliphatic heterocycles. The van der Waals surface area contributed by atoms with Crippen molar-refractivity contribution >= 4 is 11.6 Å². The van der Waals surface area contributed by atoms with Crippen LogP contribution in [0, 0.1) is 0 Å². The summed E-state index contributed by atoms with van der Waals surface area (Å²) in [5, 5.41) is 0. The highest BCUT2D eigenvalue weighted by molar-refractivity contribution is 6.25. The van der Waals surface area contributed by atoms with Crippen molar-refractivity contribution in [1.82, 2.24) is 0 Å². The summed E-state index contributed by atoms with van der Waals surface area (Å²) < 4.78 is 0. The van der Waals surface area contributed by atoms with Crippen molar-refractivity contribution < 1.29 is 0 Å². The molecule has 0 saturated heterocycles. The van der Waals surface area contributed by atoms with Crippen molar-refractivity contribution in [3.05, 3.63) is 46.5 Å². The van der Waals surface area contributed by atoms with Crippen LogP contribution in [-0.2, 0) is 12.8 Å². The third-order valence-corrected chi connectivity index (χ3v) is 2.42. The molecule has 0 aromatic heterocycles. The van der Waals surface area contributed by atoms with E-state index in [0.717, 1.165) is 12.8 Å². The lowest BCUT2D eigenvalue weighted by molar-refractivity contribution is 1.18. The molecule has 11 heavy (non-hydrogen) atoms. The fourth-order valence-electron chi connectivity index (χ4n) is 1.53. The minimum absolute atomic E-state index is 1.04. The van der Waals surface area contributed by atoms with Crippen LogP contribution in [0.3, 0.4) is 0 Å². The Morgan fingerprint density at radius 2 is 1.64 bits per heavy atom. The molecule has 0 unspecified atom stereocenters. The maximum Gasteiger partial charge on any atom is 0.00411 e. The standard InChI is InChI=1S/C10H9Cl/c11-7-8-5-9-3-1-2-4-10(9)6-8/h1-4,7H,5-6H2. The van der Waals surface area contributed by atoms with E-state index >= 15 is 0 Å². The molecule has 2 rings (SSSR count). The van der Waals surface area contributed by atoms with E-state index in [1.54, 1.807) is 5.54 Å². The number of allylic oxidation sites excluding steroid dienone is 1. The lowest BCUT2D eigenvalue weighted by atomic mass is 10.1. The molecule has 0 saturated carbocycles. The first kappa shape index (κ1) is 6.93. The molecular weight excluding hydrogens is 156 g/mol. The molecule has 1 aromatic carbocycles. The monoisotopic (exact) mass is 164 g/mol. The minimum atomic E-state index is 1.04. The molecule has 1 aliphatic rings. The van der Waals surface area contributed by atoms with Crippen LogP contribution in [0.1, 0.15) is 11.1 Å². The van der Waals surface area contributed by atoms with Gasteiger partial charge in [0.2, 0.25) is 0 Å². The van der Waals surface area contributed by atoms with E-state index in [1.165, 1.54) is 16.7 Å². The fourth-order valence-corrected chi connectivity index (χ4v) is 1.69. The summed E-state index contributed by atoms with van der Waals surface area (Å²) in [5.74, 6) is 0. The summed E-state index contributed by atoms with van der Waals surface area (Å²) in [7, 11) is 0. The molecule has 0 heterocycles. The largest absolute Gasteiger partial charge is 0.0930 e. The highest BCUT2D eigenvalue weighted by atomic mass is 35.5. The SMILES string of the molecule is ClC=C1Cc2ccccc2C1. The zero-order chi connectivity index (χ0) is 7.68. The van der Waals surface area contributed by atoms with Gasteiger partial charge in [0.15, 0.2) is 0 Å². The van der Waals surface area contributed by atoms with Crippen molar-refractivity contribution in [2.24, 2.45) is 0 Å². The Kier molecular flexibility index (Phi) is 1.71. The Balaban J connectivity index is 2.41. The number of hydrogen-bond acceptors (Lipinski definition) is 0. The van der Waals surface area contributed by atoms with Gasteiger partial charge >= 0.3 is 0 Å². The molecule has 1 heteroatoms. The molecule has 0 amide bonds. The van der Waals surface area contributed by atoms with Gasteiger partial charge in [-0.1, -0.05) is 41.4 Å². The lowest BCUT2D eigenvalue weighted by Crippen LogP contribution is -1.77. The molecule has 0 bridgehead atoms. The summed E-state index contributed by atoms with van der Waals surface area (Å²) in [5.41, 5.74) is 5.90. The van der Waals surface area contributed by atoms with Gasteiger partial charge in [-0.25, -0.2) is 0 Å². The summed E-state index contributed by atoms with van der Waals surface area (Å²) in [4.78, 5) is 0. The second-order valence-corrected chi connectivity index (χ2v) is 3.11. The Labute approximate surface area is 71.5 Å². The van der Waals surface area contributed by atoms with E-state index in [4.69, 9.17) is 11.6 Å². The van der Waals surface area contributed by atoms with Crippen LogP contribution in [0.5, 0.6) is 0 Å². The second kappa shape index (κ2) is 2.71. The molecule has 1 aliphatic carbocycles. The number of hydrogen-bond donors (Lipinski definition) is 0. The third kappa shape index (κ3) is 1.19. The lowest BCUT2D eigenvalue weighted by Gasteiger charge is -1.92. The molecule has 0 radical (unpaired) electrons. The fraction of sp³-hybridized carbons (Fsp3) is 0.200. The Morgan fingerprint density at radius 1 is 1.09 bits per heavy atom. The number of rotatable bonds is 0. The summed E-state index contributed by atoms with van der Waals surface area (Å²) in [6, 6.07) is 8.50. The Morgan fingerprint density at radius 3 is 2.09 bits per heavy atom. The van der Waals surface area contributed by atoms with Crippen LogP contribution in [0.4, 0.5) is 0 Å². The van der Waals surface area contributed by atoms with Gasteiger partial charge in [0.1, 0.15) is 0 Å². The van der Waals surface area contributed by atoms with E-state index in [9.17, 15) is 0 Å². The van der Waals surface area contributed by atoms with Crippen LogP contribution in [0.15, 0.2) is 35.4 Å².